The van der Waals surface area contributed by atoms with Crippen molar-refractivity contribution in [2.75, 3.05) is 4.90 Å². The molecule has 3 aliphatic carbocycles. The molecule has 0 bridgehead atoms. The number of rotatable bonds is 5. The number of allylic oxidation sites excluding steroid dienone is 4. The number of aromatic carboxylic acids is 1. The predicted molar refractivity (Wildman–Crippen MR) is 182 cm³/mol. The summed E-state index contributed by atoms with van der Waals surface area (Å²) in [6, 6.07) is 28.4. The first-order chi connectivity index (χ1) is 24.1. The summed E-state index contributed by atoms with van der Waals surface area (Å²) in [6.07, 6.45) is 3.68. The van der Waals surface area contributed by atoms with E-state index in [0.717, 1.165) is 22.6 Å². The van der Waals surface area contributed by atoms with Crippen molar-refractivity contribution in [1.82, 2.24) is 0 Å². The molecule has 9 heteroatoms. The van der Waals surface area contributed by atoms with Gasteiger partial charge in [0.15, 0.2) is 11.6 Å². The number of Topliss-reactive ketones (excluding diaryl/α,β-unsaturated/α-hetero) is 1. The van der Waals surface area contributed by atoms with Gasteiger partial charge < -0.3 is 15.3 Å². The molecule has 3 N–H and O–H groups in total. The molecule has 0 radical (unpaired) electrons. The molecule has 1 saturated carbocycles. The van der Waals surface area contributed by atoms with E-state index in [1.807, 2.05) is 48.5 Å². The number of phenolic OH excluding ortho intramolecular Hbond substituents is 1. The van der Waals surface area contributed by atoms with E-state index in [4.69, 9.17) is 0 Å². The molecule has 4 aliphatic rings. The van der Waals surface area contributed by atoms with Crippen LogP contribution in [0.5, 0.6) is 11.5 Å². The highest BCUT2D eigenvalue weighted by atomic mass is 16.4. The van der Waals surface area contributed by atoms with Crippen LogP contribution in [0.1, 0.15) is 45.8 Å². The zero-order valence-corrected chi connectivity index (χ0v) is 26.6. The number of ketones is 2. The minimum Gasteiger partial charge on any atom is -0.508 e. The lowest BCUT2D eigenvalue weighted by Crippen LogP contribution is -2.58. The van der Waals surface area contributed by atoms with Crippen LogP contribution in [0.2, 0.25) is 0 Å². The molecule has 2 fully saturated rings. The Morgan fingerprint density at radius 2 is 1.50 bits per heavy atom. The van der Waals surface area contributed by atoms with Crippen LogP contribution < -0.4 is 4.90 Å². The molecule has 4 aromatic rings. The molecule has 4 aromatic carbocycles. The van der Waals surface area contributed by atoms with Crippen LogP contribution in [0.15, 0.2) is 121 Å². The van der Waals surface area contributed by atoms with Gasteiger partial charge >= 0.3 is 5.97 Å². The number of anilines is 1. The van der Waals surface area contributed by atoms with Gasteiger partial charge in [0, 0.05) is 23.5 Å². The molecule has 0 aromatic heterocycles. The lowest BCUT2D eigenvalue weighted by Gasteiger charge is -2.55. The Morgan fingerprint density at radius 1 is 0.780 bits per heavy atom. The van der Waals surface area contributed by atoms with Crippen LogP contribution >= 0.6 is 0 Å². The number of benzene rings is 4. The van der Waals surface area contributed by atoms with E-state index in [-0.39, 0.29) is 47.0 Å². The fourth-order valence-corrected chi connectivity index (χ4v) is 9.05. The summed E-state index contributed by atoms with van der Waals surface area (Å²) in [7, 11) is 0. The number of carboxylic acids is 1. The first-order valence-corrected chi connectivity index (χ1v) is 16.5. The van der Waals surface area contributed by atoms with Crippen LogP contribution in [0.25, 0.3) is 5.57 Å². The number of amides is 2. The van der Waals surface area contributed by atoms with Gasteiger partial charge in [0.25, 0.3) is 0 Å². The molecule has 248 valence electrons. The van der Waals surface area contributed by atoms with Gasteiger partial charge in [-0.3, -0.25) is 19.2 Å². The quantitative estimate of drug-likeness (QED) is 0.178. The highest BCUT2D eigenvalue weighted by Crippen LogP contribution is 2.64. The fourth-order valence-electron chi connectivity index (χ4n) is 9.05. The molecule has 50 heavy (non-hydrogen) atoms. The minimum atomic E-state index is -1.41. The van der Waals surface area contributed by atoms with Crippen LogP contribution in [0, 0.1) is 23.7 Å². The van der Waals surface area contributed by atoms with Crippen LogP contribution in [0.4, 0.5) is 5.69 Å². The maximum absolute atomic E-state index is 15.0. The van der Waals surface area contributed by atoms with Crippen molar-refractivity contribution in [3.05, 3.63) is 143 Å². The number of hydrogen-bond acceptors (Lipinski definition) is 7. The molecule has 6 atom stereocenters. The summed E-state index contributed by atoms with van der Waals surface area (Å²) in [4.78, 5) is 70.9. The third-order valence-corrected chi connectivity index (χ3v) is 11.0. The second kappa shape index (κ2) is 11.5. The molecule has 1 saturated heterocycles. The predicted octanol–water partition coefficient (Wildman–Crippen LogP) is 5.83. The van der Waals surface area contributed by atoms with Crippen molar-refractivity contribution in [3.63, 3.8) is 0 Å². The van der Waals surface area contributed by atoms with Crippen LogP contribution in [-0.4, -0.2) is 44.7 Å². The Balaban J connectivity index is 1.32. The smallest absolute Gasteiger partial charge is 0.339 e. The van der Waals surface area contributed by atoms with Crippen molar-refractivity contribution in [2.24, 2.45) is 23.7 Å². The molecule has 9 nitrogen and oxygen atoms in total. The number of imide groups is 1. The second-order valence-corrected chi connectivity index (χ2v) is 13.4. The molecule has 1 aliphatic heterocycles. The number of phenols is 2. The standard InChI is InChI=1S/C41H31NO8/c43-26-13-7-10-23(18-26)36-27-16-17-29-35(39(48)42(38(29)47)25-14-15-28(40(49)50)33(44)19-25)31(27)20-32-37(46)30(22-8-3-1-4-9-22)21-34(45)41(32,36)24-11-5-2-6-12-24/h1-16,18-19,21,29,31-32,35-36,43-44H,17,20H2,(H,49,50)/t29-,31+,32-,35-,36-,41-/m0/s1. The average Bonchev–Trinajstić information content (AvgIpc) is 3.38. The SMILES string of the molecule is O=C(O)c1ccc(N2C(=O)[C@H]3[C@H](CC=C4[C@H]3C[C@H]3C(=O)C(c5ccccc5)=CC(=O)[C@@]3(c3ccccc3)[C@H]4c3cccc(O)c3)C2=O)cc1O. The first-order valence-electron chi connectivity index (χ1n) is 16.5. The highest BCUT2D eigenvalue weighted by molar-refractivity contribution is 6.32. The maximum Gasteiger partial charge on any atom is 0.339 e. The third kappa shape index (κ3) is 4.42. The van der Waals surface area contributed by atoms with Gasteiger partial charge in [-0.1, -0.05) is 84.4 Å². The summed E-state index contributed by atoms with van der Waals surface area (Å²) in [5.74, 6) is -7.42. The Hall–Kier alpha value is -6.09. The Morgan fingerprint density at radius 3 is 2.18 bits per heavy atom. The second-order valence-electron chi connectivity index (χ2n) is 13.4. The fraction of sp³-hybridized carbons (Fsp3) is 0.195. The van der Waals surface area contributed by atoms with E-state index in [1.165, 1.54) is 18.2 Å². The number of aromatic hydroxyl groups is 2. The van der Waals surface area contributed by atoms with Crippen molar-refractivity contribution >= 4 is 40.6 Å². The zero-order chi connectivity index (χ0) is 34.9. The number of carboxylic acid groups (broad SMARTS) is 1. The lowest BCUT2D eigenvalue weighted by atomic mass is 9.44. The topological polar surface area (TPSA) is 149 Å². The number of hydrogen-bond donors (Lipinski definition) is 3. The van der Waals surface area contributed by atoms with Gasteiger partial charge in [-0.25, -0.2) is 9.69 Å². The number of nitrogens with zero attached hydrogens (tertiary/aromatic N) is 1. The zero-order valence-electron chi connectivity index (χ0n) is 26.6. The number of carbonyl (C=O) groups excluding carboxylic acids is 4. The summed E-state index contributed by atoms with van der Waals surface area (Å²) < 4.78 is 0. The molecule has 0 unspecified atom stereocenters. The maximum atomic E-state index is 15.0. The van der Waals surface area contributed by atoms with Crippen LogP contribution in [0.3, 0.4) is 0 Å². The lowest BCUT2D eigenvalue weighted by molar-refractivity contribution is -0.135. The monoisotopic (exact) mass is 665 g/mol. The molecule has 0 spiro atoms. The van der Waals surface area contributed by atoms with Crippen LogP contribution in [-0.2, 0) is 24.6 Å². The molecule has 1 heterocycles. The normalized spacial score (nSPS) is 27.2. The first kappa shape index (κ1) is 31.2. The Bertz CT molecular complexity index is 2190. The molecule has 8 rings (SSSR count). The van der Waals surface area contributed by atoms with Gasteiger partial charge in [-0.15, -0.1) is 0 Å². The van der Waals surface area contributed by atoms with Crippen molar-refractivity contribution in [1.29, 1.82) is 0 Å². The van der Waals surface area contributed by atoms with E-state index in [0.29, 0.717) is 16.7 Å². The summed E-state index contributed by atoms with van der Waals surface area (Å²) >= 11 is 0. The van der Waals surface area contributed by atoms with E-state index in [2.05, 4.69) is 0 Å². The highest BCUT2D eigenvalue weighted by Gasteiger charge is 2.66. The largest absolute Gasteiger partial charge is 0.508 e. The van der Waals surface area contributed by atoms with Gasteiger partial charge in [0.1, 0.15) is 17.1 Å². The van der Waals surface area contributed by atoms with Gasteiger partial charge in [0.05, 0.1) is 22.9 Å². The summed E-state index contributed by atoms with van der Waals surface area (Å²) in [6.45, 7) is 0. The molecular weight excluding hydrogens is 634 g/mol. The third-order valence-electron chi connectivity index (χ3n) is 11.0. The minimum absolute atomic E-state index is 0.0170. The summed E-state index contributed by atoms with van der Waals surface area (Å²) in [5, 5.41) is 30.5. The Labute approximate surface area is 286 Å². The van der Waals surface area contributed by atoms with E-state index < -0.39 is 58.5 Å². The molecule has 2 amide bonds. The van der Waals surface area contributed by atoms with Crippen molar-refractivity contribution in [3.8, 4) is 11.5 Å². The molecular formula is C41H31NO8. The Kier molecular flexibility index (Phi) is 7.18. The number of carbonyl (C=O) groups is 5. The van der Waals surface area contributed by atoms with E-state index in [9.17, 15) is 39.3 Å². The van der Waals surface area contributed by atoms with E-state index >= 15 is 0 Å². The van der Waals surface area contributed by atoms with Crippen molar-refractivity contribution in [2.45, 2.75) is 24.2 Å². The van der Waals surface area contributed by atoms with Gasteiger partial charge in [0.2, 0.25) is 11.8 Å². The van der Waals surface area contributed by atoms with Gasteiger partial charge in [-0.05, 0) is 65.8 Å². The average molecular weight is 666 g/mol. The number of fused-ring (bicyclic) bond motifs is 4. The summed E-state index contributed by atoms with van der Waals surface area (Å²) in [5.41, 5.74) is 1.16. The van der Waals surface area contributed by atoms with E-state index in [1.54, 1.807) is 36.4 Å². The van der Waals surface area contributed by atoms with Crippen molar-refractivity contribution < 1.29 is 39.3 Å². The van der Waals surface area contributed by atoms with Gasteiger partial charge in [-0.2, -0.15) is 0 Å².